The molecule has 0 unspecified atom stereocenters. The third-order valence-electron chi connectivity index (χ3n) is 3.44. The lowest BCUT2D eigenvalue weighted by Gasteiger charge is -2.35. The summed E-state index contributed by atoms with van der Waals surface area (Å²) in [7, 11) is 3.28. The summed E-state index contributed by atoms with van der Waals surface area (Å²) in [5.74, 6) is 0.610. The van der Waals surface area contributed by atoms with Crippen molar-refractivity contribution < 1.29 is 14.3 Å². The molecular formula is C14H18N2O3. The standard InChI is InChI=1S/C14H18N2O3/c1-9-14(18)16(2)12(13(17)15-9)8-10-4-6-11(19-3)7-5-10/h4-7,9,12H,8H2,1-3H3,(H,15,17)/t9-,12-/m1/s1. The van der Waals surface area contributed by atoms with Gasteiger partial charge in [0, 0.05) is 13.5 Å². The zero-order valence-electron chi connectivity index (χ0n) is 11.3. The number of amides is 2. The molecule has 1 fully saturated rings. The van der Waals surface area contributed by atoms with Crippen molar-refractivity contribution in [3.63, 3.8) is 0 Å². The number of hydrogen-bond acceptors (Lipinski definition) is 3. The van der Waals surface area contributed by atoms with E-state index in [2.05, 4.69) is 5.32 Å². The van der Waals surface area contributed by atoms with Gasteiger partial charge in [-0.2, -0.15) is 0 Å². The summed E-state index contributed by atoms with van der Waals surface area (Å²) in [6.07, 6.45) is 0.505. The molecule has 1 aliphatic heterocycles. The van der Waals surface area contributed by atoms with Gasteiger partial charge in [-0.15, -0.1) is 0 Å². The highest BCUT2D eigenvalue weighted by molar-refractivity contribution is 5.96. The molecule has 5 nitrogen and oxygen atoms in total. The number of carbonyl (C=O) groups is 2. The van der Waals surface area contributed by atoms with Crippen LogP contribution in [0.15, 0.2) is 24.3 Å². The number of piperazine rings is 1. The van der Waals surface area contributed by atoms with Crippen molar-refractivity contribution in [3.8, 4) is 5.75 Å². The molecule has 2 amide bonds. The predicted octanol–water partition coefficient (Wildman–Crippen LogP) is 0.583. The lowest BCUT2D eigenvalue weighted by molar-refractivity contribution is -0.147. The highest BCUT2D eigenvalue weighted by Gasteiger charge is 2.35. The van der Waals surface area contributed by atoms with E-state index in [9.17, 15) is 9.59 Å². The van der Waals surface area contributed by atoms with Gasteiger partial charge in [-0.05, 0) is 24.6 Å². The highest BCUT2D eigenvalue weighted by Crippen LogP contribution is 2.16. The predicted molar refractivity (Wildman–Crippen MR) is 70.9 cm³/mol. The Morgan fingerprint density at radius 3 is 2.47 bits per heavy atom. The van der Waals surface area contributed by atoms with Crippen LogP contribution in [0.5, 0.6) is 5.75 Å². The minimum Gasteiger partial charge on any atom is -0.497 e. The first-order valence-corrected chi connectivity index (χ1v) is 6.23. The van der Waals surface area contributed by atoms with Gasteiger partial charge in [0.1, 0.15) is 17.8 Å². The third-order valence-corrected chi connectivity index (χ3v) is 3.44. The first-order valence-electron chi connectivity index (χ1n) is 6.23. The van der Waals surface area contributed by atoms with Crippen LogP contribution in [0.2, 0.25) is 0 Å². The van der Waals surface area contributed by atoms with Crippen LogP contribution in [0.4, 0.5) is 0 Å². The Morgan fingerprint density at radius 2 is 1.89 bits per heavy atom. The SMILES string of the molecule is COc1ccc(C[C@@H]2C(=O)N[C@H](C)C(=O)N2C)cc1. The molecule has 1 aromatic carbocycles. The molecular weight excluding hydrogens is 244 g/mol. The second-order valence-corrected chi connectivity index (χ2v) is 4.75. The van der Waals surface area contributed by atoms with Crippen LogP contribution in [0.1, 0.15) is 12.5 Å². The van der Waals surface area contributed by atoms with Gasteiger partial charge in [0.15, 0.2) is 0 Å². The van der Waals surface area contributed by atoms with Gasteiger partial charge in [-0.25, -0.2) is 0 Å². The average molecular weight is 262 g/mol. The van der Waals surface area contributed by atoms with Crippen molar-refractivity contribution in [2.24, 2.45) is 0 Å². The molecule has 1 aromatic rings. The fourth-order valence-corrected chi connectivity index (χ4v) is 2.22. The van der Waals surface area contributed by atoms with Crippen molar-refractivity contribution in [1.82, 2.24) is 10.2 Å². The largest absolute Gasteiger partial charge is 0.497 e. The molecule has 1 heterocycles. The van der Waals surface area contributed by atoms with Gasteiger partial charge in [0.2, 0.25) is 11.8 Å². The van der Waals surface area contributed by atoms with Crippen LogP contribution >= 0.6 is 0 Å². The Hall–Kier alpha value is -2.04. The molecule has 0 radical (unpaired) electrons. The summed E-state index contributed by atoms with van der Waals surface area (Å²) < 4.78 is 5.09. The van der Waals surface area contributed by atoms with Crippen molar-refractivity contribution >= 4 is 11.8 Å². The number of ether oxygens (including phenoxy) is 1. The fraction of sp³-hybridized carbons (Fsp3) is 0.429. The van der Waals surface area contributed by atoms with Gasteiger partial charge >= 0.3 is 0 Å². The third kappa shape index (κ3) is 2.70. The first-order chi connectivity index (χ1) is 9.02. The van der Waals surface area contributed by atoms with E-state index in [1.54, 1.807) is 21.1 Å². The summed E-state index contributed by atoms with van der Waals surface area (Å²) in [4.78, 5) is 25.3. The van der Waals surface area contributed by atoms with Gasteiger partial charge in [0.25, 0.3) is 0 Å². The summed E-state index contributed by atoms with van der Waals surface area (Å²) in [5, 5.41) is 2.70. The molecule has 102 valence electrons. The zero-order chi connectivity index (χ0) is 14.0. The molecule has 1 saturated heterocycles. The molecule has 0 spiro atoms. The Kier molecular flexibility index (Phi) is 3.74. The molecule has 0 saturated carbocycles. The lowest BCUT2D eigenvalue weighted by atomic mass is 10.0. The van der Waals surface area contributed by atoms with Crippen molar-refractivity contribution in [2.45, 2.75) is 25.4 Å². The second kappa shape index (κ2) is 5.30. The van der Waals surface area contributed by atoms with Crippen molar-refractivity contribution in [1.29, 1.82) is 0 Å². The minimum atomic E-state index is -0.447. The van der Waals surface area contributed by atoms with E-state index in [0.717, 1.165) is 11.3 Å². The van der Waals surface area contributed by atoms with Gasteiger partial charge in [-0.1, -0.05) is 12.1 Å². The monoisotopic (exact) mass is 262 g/mol. The van der Waals surface area contributed by atoms with Crippen LogP contribution in [-0.2, 0) is 16.0 Å². The number of methoxy groups -OCH3 is 1. The Morgan fingerprint density at radius 1 is 1.26 bits per heavy atom. The molecule has 0 aliphatic carbocycles. The zero-order valence-corrected chi connectivity index (χ0v) is 11.3. The Balaban J connectivity index is 2.12. The molecule has 2 atom stereocenters. The van der Waals surface area contributed by atoms with Crippen LogP contribution in [0.3, 0.4) is 0 Å². The van der Waals surface area contributed by atoms with E-state index in [4.69, 9.17) is 4.74 Å². The number of nitrogens with zero attached hydrogens (tertiary/aromatic N) is 1. The number of carbonyl (C=O) groups excluding carboxylic acids is 2. The van der Waals surface area contributed by atoms with E-state index >= 15 is 0 Å². The number of likely N-dealkylation sites (N-methyl/N-ethyl adjacent to an activating group) is 1. The van der Waals surface area contributed by atoms with Crippen LogP contribution in [-0.4, -0.2) is 43.0 Å². The van der Waals surface area contributed by atoms with E-state index in [1.807, 2.05) is 24.3 Å². The summed E-state index contributed by atoms with van der Waals surface area (Å²) in [5.41, 5.74) is 0.996. The number of hydrogen-bond donors (Lipinski definition) is 1. The molecule has 19 heavy (non-hydrogen) atoms. The van der Waals surface area contributed by atoms with Crippen LogP contribution < -0.4 is 10.1 Å². The maximum Gasteiger partial charge on any atom is 0.245 e. The summed E-state index contributed by atoms with van der Waals surface area (Å²) in [6, 6.07) is 6.62. The summed E-state index contributed by atoms with van der Waals surface area (Å²) in [6.45, 7) is 1.69. The van der Waals surface area contributed by atoms with Crippen molar-refractivity contribution in [3.05, 3.63) is 29.8 Å². The lowest BCUT2D eigenvalue weighted by Crippen LogP contribution is -2.61. The topological polar surface area (TPSA) is 58.6 Å². The number of benzene rings is 1. The second-order valence-electron chi connectivity index (χ2n) is 4.75. The van der Waals surface area contributed by atoms with E-state index in [-0.39, 0.29) is 11.8 Å². The minimum absolute atomic E-state index is 0.0573. The Bertz CT molecular complexity index is 484. The van der Waals surface area contributed by atoms with E-state index in [0.29, 0.717) is 6.42 Å². The molecule has 0 bridgehead atoms. The van der Waals surface area contributed by atoms with E-state index < -0.39 is 12.1 Å². The van der Waals surface area contributed by atoms with Gasteiger partial charge in [-0.3, -0.25) is 9.59 Å². The smallest absolute Gasteiger partial charge is 0.245 e. The molecule has 5 heteroatoms. The number of nitrogens with one attached hydrogen (secondary N) is 1. The maximum absolute atomic E-state index is 12.0. The van der Waals surface area contributed by atoms with Crippen molar-refractivity contribution in [2.75, 3.05) is 14.2 Å². The molecule has 0 aromatic heterocycles. The molecule has 2 rings (SSSR count). The normalized spacial score (nSPS) is 23.2. The molecule has 1 aliphatic rings. The van der Waals surface area contributed by atoms with Gasteiger partial charge in [0.05, 0.1) is 7.11 Å². The fourth-order valence-electron chi connectivity index (χ4n) is 2.22. The van der Waals surface area contributed by atoms with Crippen LogP contribution in [0.25, 0.3) is 0 Å². The van der Waals surface area contributed by atoms with E-state index in [1.165, 1.54) is 4.90 Å². The molecule has 1 N–H and O–H groups in total. The highest BCUT2D eigenvalue weighted by atomic mass is 16.5. The first kappa shape index (κ1) is 13.4. The average Bonchev–Trinajstić information content (AvgIpc) is 2.42. The maximum atomic E-state index is 12.0. The number of rotatable bonds is 3. The quantitative estimate of drug-likeness (QED) is 0.867. The van der Waals surface area contributed by atoms with Crippen LogP contribution in [0, 0.1) is 0 Å². The summed E-state index contributed by atoms with van der Waals surface area (Å²) >= 11 is 0. The Labute approximate surface area is 112 Å². The van der Waals surface area contributed by atoms with Gasteiger partial charge < -0.3 is 15.0 Å².